The molecule has 0 aliphatic carbocycles. The van der Waals surface area contributed by atoms with Gasteiger partial charge in [-0.25, -0.2) is 9.97 Å². The van der Waals surface area contributed by atoms with Crippen LogP contribution in [0.5, 0.6) is 0 Å². The standard InChI is InChI=1S/C19H17ClN6O.C18H16ClN7/c20-15-11-23-19(24-14-4-5-16-12(9-14)10-17(27)25-16)26-18(15)22-8-6-13-3-1-2-7-21-13;19-15-11-22-18(24-14-4-5-16-12(9-14)10-23-26-16)25-17(15)21-8-6-13-3-1-2-7-20-13/h1-5,7,9,11H,6,8,10H2,(H,25,27)(H2,22,23,24,26);1-5,7,9-11H,6,8H2,(H,23,26)(H2,21,22,24,25). The summed E-state index contributed by atoms with van der Waals surface area (Å²) in [7, 11) is 0. The van der Waals surface area contributed by atoms with Crippen molar-refractivity contribution in [3.63, 3.8) is 0 Å². The smallest absolute Gasteiger partial charge is 0.229 e. The Labute approximate surface area is 314 Å². The van der Waals surface area contributed by atoms with Gasteiger partial charge in [0, 0.05) is 72.2 Å². The molecule has 1 aliphatic heterocycles. The lowest BCUT2D eigenvalue weighted by atomic mass is 10.1. The van der Waals surface area contributed by atoms with Crippen molar-refractivity contribution in [3.05, 3.63) is 131 Å². The normalized spacial score (nSPS) is 11.6. The minimum Gasteiger partial charge on any atom is -0.368 e. The molecule has 0 spiro atoms. The van der Waals surface area contributed by atoms with Gasteiger partial charge in [-0.05, 0) is 66.2 Å². The number of pyridine rings is 2. The lowest BCUT2D eigenvalue weighted by molar-refractivity contribution is -0.115. The Morgan fingerprint density at radius 1 is 0.679 bits per heavy atom. The van der Waals surface area contributed by atoms with Crippen molar-refractivity contribution in [2.45, 2.75) is 19.3 Å². The van der Waals surface area contributed by atoms with Gasteiger partial charge >= 0.3 is 0 Å². The summed E-state index contributed by atoms with van der Waals surface area (Å²) in [6.07, 6.45) is 10.4. The first-order chi connectivity index (χ1) is 25.9. The van der Waals surface area contributed by atoms with Gasteiger partial charge in [0.2, 0.25) is 17.8 Å². The largest absolute Gasteiger partial charge is 0.368 e. The minimum atomic E-state index is 0.00397. The molecule has 8 rings (SSSR count). The first kappa shape index (κ1) is 35.0. The van der Waals surface area contributed by atoms with Crippen LogP contribution in [0.3, 0.4) is 0 Å². The van der Waals surface area contributed by atoms with Crippen LogP contribution in [0.25, 0.3) is 10.9 Å². The third kappa shape index (κ3) is 9.49. The molecule has 0 bridgehead atoms. The summed E-state index contributed by atoms with van der Waals surface area (Å²) >= 11 is 12.4. The van der Waals surface area contributed by atoms with Crippen LogP contribution in [0.1, 0.15) is 17.0 Å². The van der Waals surface area contributed by atoms with Gasteiger partial charge in [0.05, 0.1) is 30.5 Å². The van der Waals surface area contributed by atoms with Crippen molar-refractivity contribution in [1.82, 2.24) is 40.1 Å². The van der Waals surface area contributed by atoms with Crippen LogP contribution in [0.2, 0.25) is 10.0 Å². The molecule has 0 saturated heterocycles. The topological polar surface area (TPSA) is 183 Å². The van der Waals surface area contributed by atoms with E-state index in [0.29, 0.717) is 53.1 Å². The Morgan fingerprint density at radius 3 is 1.89 bits per heavy atom. The number of hydrogen-bond donors (Lipinski definition) is 6. The molecule has 7 aromatic rings. The second-order valence-electron chi connectivity index (χ2n) is 11.8. The zero-order valence-electron chi connectivity index (χ0n) is 28.1. The van der Waals surface area contributed by atoms with Crippen molar-refractivity contribution < 1.29 is 4.79 Å². The van der Waals surface area contributed by atoms with Crippen LogP contribution >= 0.6 is 23.2 Å². The highest BCUT2D eigenvalue weighted by Crippen LogP contribution is 2.28. The third-order valence-corrected chi connectivity index (χ3v) is 8.52. The highest BCUT2D eigenvalue weighted by atomic mass is 35.5. The highest BCUT2D eigenvalue weighted by Gasteiger charge is 2.18. The van der Waals surface area contributed by atoms with E-state index in [9.17, 15) is 4.79 Å². The maximum absolute atomic E-state index is 11.5. The van der Waals surface area contributed by atoms with Gasteiger partial charge in [0.1, 0.15) is 10.0 Å². The molecular weight excluding hydrogens is 713 g/mol. The number of carbonyl (C=O) groups is 1. The number of H-pyrrole nitrogens is 1. The van der Waals surface area contributed by atoms with Crippen LogP contribution in [0.15, 0.2) is 104 Å². The van der Waals surface area contributed by atoms with E-state index in [4.69, 9.17) is 23.2 Å². The van der Waals surface area contributed by atoms with E-state index in [1.165, 1.54) is 0 Å². The van der Waals surface area contributed by atoms with Gasteiger partial charge in [0.25, 0.3) is 0 Å². The lowest BCUT2D eigenvalue weighted by Gasteiger charge is -2.10. The molecular formula is C37H33Cl2N13O. The van der Waals surface area contributed by atoms with Gasteiger partial charge in [0.15, 0.2) is 11.6 Å². The summed E-state index contributed by atoms with van der Waals surface area (Å²) < 4.78 is 0. The zero-order chi connectivity index (χ0) is 36.4. The molecule has 16 heteroatoms. The second kappa shape index (κ2) is 16.8. The number of aromatic amines is 1. The predicted octanol–water partition coefficient (Wildman–Crippen LogP) is 7.22. The Bertz CT molecular complexity index is 2320. The predicted molar refractivity (Wildman–Crippen MR) is 208 cm³/mol. The summed E-state index contributed by atoms with van der Waals surface area (Å²) in [5.74, 6) is 2.05. The molecule has 14 nitrogen and oxygen atoms in total. The molecule has 266 valence electrons. The fourth-order valence-corrected chi connectivity index (χ4v) is 5.71. The number of rotatable bonds is 12. The zero-order valence-corrected chi connectivity index (χ0v) is 29.7. The minimum absolute atomic E-state index is 0.00397. The van der Waals surface area contributed by atoms with Gasteiger partial charge in [-0.1, -0.05) is 35.3 Å². The van der Waals surface area contributed by atoms with E-state index >= 15 is 0 Å². The van der Waals surface area contributed by atoms with Gasteiger partial charge in [-0.2, -0.15) is 15.1 Å². The van der Waals surface area contributed by atoms with Crippen LogP contribution in [0, 0.1) is 0 Å². The first-order valence-corrected chi connectivity index (χ1v) is 17.4. The average molecular weight is 747 g/mol. The van der Waals surface area contributed by atoms with E-state index in [2.05, 4.69) is 66.7 Å². The molecule has 6 heterocycles. The van der Waals surface area contributed by atoms with E-state index < -0.39 is 0 Å². The monoisotopic (exact) mass is 745 g/mol. The fraction of sp³-hybridized carbons (Fsp3) is 0.135. The number of halogens is 2. The highest BCUT2D eigenvalue weighted by molar-refractivity contribution is 6.33. The summed E-state index contributed by atoms with van der Waals surface area (Å²) in [6, 6.07) is 23.2. The Kier molecular flexibility index (Phi) is 11.1. The van der Waals surface area contributed by atoms with Crippen molar-refractivity contribution in [2.24, 2.45) is 0 Å². The van der Waals surface area contributed by atoms with E-state index in [-0.39, 0.29) is 5.91 Å². The van der Waals surface area contributed by atoms with Crippen LogP contribution in [-0.4, -0.2) is 59.1 Å². The third-order valence-electron chi connectivity index (χ3n) is 7.97. The van der Waals surface area contributed by atoms with E-state index in [1.807, 2.05) is 72.8 Å². The number of nitrogens with zero attached hydrogens (tertiary/aromatic N) is 7. The molecule has 53 heavy (non-hydrogen) atoms. The number of carbonyl (C=O) groups excluding carboxylic acids is 1. The molecule has 1 aliphatic rings. The van der Waals surface area contributed by atoms with Gasteiger partial charge in [-0.3, -0.25) is 19.9 Å². The molecule has 0 fully saturated rings. The van der Waals surface area contributed by atoms with Crippen LogP contribution < -0.4 is 26.6 Å². The Balaban J connectivity index is 0.000000164. The van der Waals surface area contributed by atoms with Crippen LogP contribution in [0.4, 0.5) is 40.6 Å². The molecule has 0 saturated carbocycles. The quantitative estimate of drug-likeness (QED) is 0.0740. The van der Waals surface area contributed by atoms with Gasteiger partial charge in [-0.15, -0.1) is 0 Å². The summed E-state index contributed by atoms with van der Waals surface area (Å²) in [4.78, 5) is 37.4. The molecule has 5 aromatic heterocycles. The van der Waals surface area contributed by atoms with Crippen molar-refractivity contribution in [1.29, 1.82) is 0 Å². The number of hydrogen-bond acceptors (Lipinski definition) is 12. The average Bonchev–Trinajstić information content (AvgIpc) is 3.80. The second-order valence-corrected chi connectivity index (χ2v) is 12.6. The molecule has 0 unspecified atom stereocenters. The Morgan fingerprint density at radius 2 is 1.28 bits per heavy atom. The number of aromatic nitrogens is 8. The number of benzene rings is 2. The molecule has 2 aromatic carbocycles. The van der Waals surface area contributed by atoms with E-state index in [0.717, 1.165) is 57.8 Å². The Hall–Kier alpha value is -6.38. The first-order valence-electron chi connectivity index (χ1n) is 16.7. The maximum Gasteiger partial charge on any atom is 0.229 e. The number of amides is 1. The van der Waals surface area contributed by atoms with Crippen molar-refractivity contribution in [3.8, 4) is 0 Å². The van der Waals surface area contributed by atoms with Gasteiger partial charge < -0.3 is 26.6 Å². The maximum atomic E-state index is 11.5. The number of nitrogens with one attached hydrogen (secondary N) is 6. The molecule has 0 atom stereocenters. The van der Waals surface area contributed by atoms with E-state index in [1.54, 1.807) is 31.0 Å². The molecule has 1 amide bonds. The van der Waals surface area contributed by atoms with Crippen LogP contribution in [-0.2, 0) is 24.1 Å². The molecule has 6 N–H and O–H groups in total. The number of anilines is 7. The SMILES string of the molecule is Clc1cnc(Nc2ccc3[nH]ncc3c2)nc1NCCc1ccccn1.O=C1Cc2cc(Nc3ncc(Cl)c(NCCc4ccccn4)n3)ccc2N1. The molecule has 0 radical (unpaired) electrons. The van der Waals surface area contributed by atoms with Crippen molar-refractivity contribution >= 4 is 80.6 Å². The summed E-state index contributed by atoms with van der Waals surface area (Å²) in [6.45, 7) is 1.33. The fourth-order valence-electron chi connectivity index (χ4n) is 5.40. The number of fused-ring (bicyclic) bond motifs is 2. The summed E-state index contributed by atoms with van der Waals surface area (Å²) in [5.41, 5.74) is 6.47. The summed E-state index contributed by atoms with van der Waals surface area (Å²) in [5, 5.41) is 24.5. The van der Waals surface area contributed by atoms with Crippen molar-refractivity contribution in [2.75, 3.05) is 39.7 Å². The lowest BCUT2D eigenvalue weighted by Crippen LogP contribution is -2.09.